The van der Waals surface area contributed by atoms with E-state index in [1.807, 2.05) is 23.1 Å². The molecule has 2 rings (SSSR count). The van der Waals surface area contributed by atoms with Gasteiger partial charge >= 0.3 is 0 Å². The summed E-state index contributed by atoms with van der Waals surface area (Å²) in [5.41, 5.74) is 2.07. The summed E-state index contributed by atoms with van der Waals surface area (Å²) in [6.45, 7) is 11.4. The summed E-state index contributed by atoms with van der Waals surface area (Å²) in [7, 11) is 0. The Labute approximate surface area is 122 Å². The quantitative estimate of drug-likeness (QED) is 0.842. The second kappa shape index (κ2) is 6.89. The van der Waals surface area contributed by atoms with Gasteiger partial charge in [0.15, 0.2) is 0 Å². The van der Waals surface area contributed by atoms with Crippen molar-refractivity contribution in [3.63, 3.8) is 0 Å². The minimum absolute atomic E-state index is 0.184. The summed E-state index contributed by atoms with van der Waals surface area (Å²) >= 11 is 0. The monoisotopic (exact) mass is 274 g/mol. The Morgan fingerprint density at radius 3 is 2.50 bits per heavy atom. The highest BCUT2D eigenvalue weighted by atomic mass is 16.2. The molecule has 1 aliphatic heterocycles. The maximum atomic E-state index is 12.5. The van der Waals surface area contributed by atoms with E-state index in [1.165, 1.54) is 12.0 Å². The van der Waals surface area contributed by atoms with E-state index in [1.54, 1.807) is 0 Å². The van der Waals surface area contributed by atoms with Gasteiger partial charge in [0.2, 0.25) is 0 Å². The number of rotatable bonds is 4. The molecule has 1 amide bonds. The molecule has 1 aromatic carbocycles. The highest BCUT2D eigenvalue weighted by molar-refractivity contribution is 5.94. The number of piperazine rings is 1. The van der Waals surface area contributed by atoms with Crippen molar-refractivity contribution in [2.24, 2.45) is 0 Å². The van der Waals surface area contributed by atoms with Crippen LogP contribution in [0.2, 0.25) is 0 Å². The van der Waals surface area contributed by atoms with Gasteiger partial charge in [-0.2, -0.15) is 0 Å². The van der Waals surface area contributed by atoms with Gasteiger partial charge in [-0.15, -0.1) is 0 Å². The van der Waals surface area contributed by atoms with E-state index in [-0.39, 0.29) is 5.91 Å². The first-order valence-electron chi connectivity index (χ1n) is 7.73. The zero-order valence-electron chi connectivity index (χ0n) is 12.9. The maximum Gasteiger partial charge on any atom is 0.253 e. The molecule has 3 nitrogen and oxygen atoms in total. The van der Waals surface area contributed by atoms with Gasteiger partial charge in [0.25, 0.3) is 5.91 Å². The Morgan fingerprint density at radius 1 is 1.20 bits per heavy atom. The number of amides is 1. The molecular formula is C17H26N2O. The summed E-state index contributed by atoms with van der Waals surface area (Å²) in [5, 5.41) is 0. The SMILES string of the molecule is CCCN1CCN(C(=O)c2cccc(C(C)C)c2)CC1. The molecule has 1 aromatic rings. The Balaban J connectivity index is 2.00. The highest BCUT2D eigenvalue weighted by Gasteiger charge is 2.21. The first-order chi connectivity index (χ1) is 9.61. The molecule has 1 heterocycles. The van der Waals surface area contributed by atoms with Gasteiger partial charge in [-0.3, -0.25) is 9.69 Å². The average Bonchev–Trinajstić information content (AvgIpc) is 2.48. The molecule has 3 heteroatoms. The number of carbonyl (C=O) groups is 1. The van der Waals surface area contributed by atoms with Crippen LogP contribution in [0.3, 0.4) is 0 Å². The lowest BCUT2D eigenvalue weighted by Crippen LogP contribution is -2.48. The van der Waals surface area contributed by atoms with E-state index in [4.69, 9.17) is 0 Å². The van der Waals surface area contributed by atoms with E-state index in [2.05, 4.69) is 31.7 Å². The molecule has 20 heavy (non-hydrogen) atoms. The first kappa shape index (κ1) is 15.0. The summed E-state index contributed by atoms with van der Waals surface area (Å²) in [4.78, 5) is 17.0. The first-order valence-corrected chi connectivity index (χ1v) is 7.73. The number of benzene rings is 1. The predicted octanol–water partition coefficient (Wildman–Crippen LogP) is 2.98. The molecule has 1 fully saturated rings. The van der Waals surface area contributed by atoms with Crippen molar-refractivity contribution >= 4 is 5.91 Å². The fourth-order valence-electron chi connectivity index (χ4n) is 2.70. The molecule has 0 bridgehead atoms. The molecule has 1 aliphatic rings. The van der Waals surface area contributed by atoms with Crippen molar-refractivity contribution in [3.05, 3.63) is 35.4 Å². The molecule has 0 spiro atoms. The second-order valence-corrected chi connectivity index (χ2v) is 5.91. The smallest absolute Gasteiger partial charge is 0.253 e. The number of nitrogens with zero attached hydrogens (tertiary/aromatic N) is 2. The third-order valence-corrected chi connectivity index (χ3v) is 4.00. The third-order valence-electron chi connectivity index (χ3n) is 4.00. The van der Waals surface area contributed by atoms with Crippen LogP contribution in [-0.4, -0.2) is 48.4 Å². The fourth-order valence-corrected chi connectivity index (χ4v) is 2.70. The van der Waals surface area contributed by atoms with E-state index < -0.39 is 0 Å². The molecule has 0 saturated carbocycles. The van der Waals surface area contributed by atoms with Gasteiger partial charge < -0.3 is 4.90 Å². The molecule has 0 N–H and O–H groups in total. The highest BCUT2D eigenvalue weighted by Crippen LogP contribution is 2.17. The van der Waals surface area contributed by atoms with Gasteiger partial charge in [-0.1, -0.05) is 32.9 Å². The third kappa shape index (κ3) is 3.60. The lowest BCUT2D eigenvalue weighted by molar-refractivity contribution is 0.0637. The van der Waals surface area contributed by atoms with Crippen molar-refractivity contribution in [1.82, 2.24) is 9.80 Å². The van der Waals surface area contributed by atoms with E-state index in [0.717, 1.165) is 38.3 Å². The average molecular weight is 274 g/mol. The minimum atomic E-state index is 0.184. The van der Waals surface area contributed by atoms with Crippen molar-refractivity contribution in [1.29, 1.82) is 0 Å². The summed E-state index contributed by atoms with van der Waals surface area (Å²) in [5.74, 6) is 0.646. The molecule has 1 saturated heterocycles. The molecule has 0 radical (unpaired) electrons. The Hall–Kier alpha value is -1.35. The lowest BCUT2D eigenvalue weighted by Gasteiger charge is -2.34. The number of hydrogen-bond acceptors (Lipinski definition) is 2. The topological polar surface area (TPSA) is 23.6 Å². The van der Waals surface area contributed by atoms with Crippen molar-refractivity contribution in [3.8, 4) is 0 Å². The molecule has 110 valence electrons. The van der Waals surface area contributed by atoms with Crippen LogP contribution in [-0.2, 0) is 0 Å². The lowest BCUT2D eigenvalue weighted by atomic mass is 10.0. The fraction of sp³-hybridized carbons (Fsp3) is 0.588. The van der Waals surface area contributed by atoms with Gasteiger partial charge in [-0.25, -0.2) is 0 Å². The largest absolute Gasteiger partial charge is 0.336 e. The number of carbonyl (C=O) groups excluding carboxylic acids is 1. The van der Waals surface area contributed by atoms with Crippen LogP contribution in [0.5, 0.6) is 0 Å². The van der Waals surface area contributed by atoms with Crippen LogP contribution in [0.4, 0.5) is 0 Å². The predicted molar refractivity (Wildman–Crippen MR) is 83.2 cm³/mol. The van der Waals surface area contributed by atoms with Gasteiger partial charge in [0, 0.05) is 31.7 Å². The Bertz CT molecular complexity index is 448. The number of hydrogen-bond donors (Lipinski definition) is 0. The van der Waals surface area contributed by atoms with Crippen LogP contribution in [0.1, 0.15) is 49.0 Å². The molecule has 0 atom stereocenters. The van der Waals surface area contributed by atoms with Gasteiger partial charge in [0.1, 0.15) is 0 Å². The van der Waals surface area contributed by atoms with E-state index >= 15 is 0 Å². The second-order valence-electron chi connectivity index (χ2n) is 5.91. The molecule has 0 aromatic heterocycles. The molecule has 0 unspecified atom stereocenters. The summed E-state index contributed by atoms with van der Waals surface area (Å²) < 4.78 is 0. The van der Waals surface area contributed by atoms with Crippen molar-refractivity contribution in [2.45, 2.75) is 33.1 Å². The molecular weight excluding hydrogens is 248 g/mol. The van der Waals surface area contributed by atoms with Gasteiger partial charge in [-0.05, 0) is 36.6 Å². The Morgan fingerprint density at radius 2 is 1.90 bits per heavy atom. The summed E-state index contributed by atoms with van der Waals surface area (Å²) in [6.07, 6.45) is 1.18. The summed E-state index contributed by atoms with van der Waals surface area (Å²) in [6, 6.07) is 8.08. The van der Waals surface area contributed by atoms with Crippen LogP contribution in [0.25, 0.3) is 0 Å². The van der Waals surface area contributed by atoms with E-state index in [9.17, 15) is 4.79 Å². The zero-order valence-corrected chi connectivity index (χ0v) is 12.9. The van der Waals surface area contributed by atoms with E-state index in [0.29, 0.717) is 5.92 Å². The normalized spacial score (nSPS) is 16.7. The van der Waals surface area contributed by atoms with Gasteiger partial charge in [0.05, 0.1) is 0 Å². The van der Waals surface area contributed by atoms with Crippen LogP contribution in [0, 0.1) is 0 Å². The van der Waals surface area contributed by atoms with Crippen molar-refractivity contribution < 1.29 is 4.79 Å². The van der Waals surface area contributed by atoms with Crippen LogP contribution < -0.4 is 0 Å². The standard InChI is InChI=1S/C17H26N2O/c1-4-8-18-9-11-19(12-10-18)17(20)16-7-5-6-15(13-16)14(2)3/h5-7,13-14H,4,8-12H2,1-3H3. The van der Waals surface area contributed by atoms with Crippen molar-refractivity contribution in [2.75, 3.05) is 32.7 Å². The van der Waals surface area contributed by atoms with Crippen LogP contribution >= 0.6 is 0 Å². The maximum absolute atomic E-state index is 12.5. The van der Waals surface area contributed by atoms with Crippen LogP contribution in [0.15, 0.2) is 24.3 Å². The zero-order chi connectivity index (χ0) is 14.5. The Kier molecular flexibility index (Phi) is 5.18. The minimum Gasteiger partial charge on any atom is -0.336 e. The molecule has 0 aliphatic carbocycles.